The molecular formula is C20H29NO7. The molecule has 1 aliphatic rings. The van der Waals surface area contributed by atoms with Crippen LogP contribution in [0.4, 0.5) is 4.79 Å². The molecule has 0 saturated carbocycles. The largest absolute Gasteiger partial charge is 0.455 e. The average Bonchev–Trinajstić information content (AvgIpc) is 2.89. The van der Waals surface area contributed by atoms with Gasteiger partial charge in [0, 0.05) is 26.7 Å². The molecule has 156 valence electrons. The van der Waals surface area contributed by atoms with E-state index in [1.54, 1.807) is 20.8 Å². The molecule has 0 heterocycles. The van der Waals surface area contributed by atoms with Crippen molar-refractivity contribution < 1.29 is 33.3 Å². The maximum absolute atomic E-state index is 12.9. The molecule has 0 N–H and O–H groups in total. The van der Waals surface area contributed by atoms with Gasteiger partial charge in [-0.1, -0.05) is 24.3 Å². The predicted molar refractivity (Wildman–Crippen MR) is 100 cm³/mol. The quantitative estimate of drug-likeness (QED) is 0.518. The second-order valence-corrected chi connectivity index (χ2v) is 7.51. The van der Waals surface area contributed by atoms with Crippen molar-refractivity contribution in [2.24, 2.45) is 0 Å². The molecule has 8 nitrogen and oxygen atoms in total. The van der Waals surface area contributed by atoms with Crippen LogP contribution in [0, 0.1) is 0 Å². The van der Waals surface area contributed by atoms with Gasteiger partial charge < -0.3 is 23.7 Å². The molecule has 28 heavy (non-hydrogen) atoms. The van der Waals surface area contributed by atoms with Gasteiger partial charge in [0.1, 0.15) is 25.2 Å². The van der Waals surface area contributed by atoms with Crippen molar-refractivity contribution in [3.05, 3.63) is 35.4 Å². The lowest BCUT2D eigenvalue weighted by atomic mass is 10.1. The second-order valence-electron chi connectivity index (χ2n) is 7.51. The van der Waals surface area contributed by atoms with Gasteiger partial charge in [0.15, 0.2) is 6.10 Å². The molecule has 0 aromatic heterocycles. The average molecular weight is 395 g/mol. The maximum Gasteiger partial charge on any atom is 0.412 e. The van der Waals surface area contributed by atoms with Crippen LogP contribution in [-0.4, -0.2) is 56.4 Å². The first kappa shape index (κ1) is 22.1. The van der Waals surface area contributed by atoms with Gasteiger partial charge in [0.05, 0.1) is 6.04 Å². The Morgan fingerprint density at radius 1 is 1.07 bits per heavy atom. The minimum Gasteiger partial charge on any atom is -0.455 e. The van der Waals surface area contributed by atoms with E-state index in [1.165, 1.54) is 26.0 Å². The van der Waals surface area contributed by atoms with Crippen LogP contribution in [0.5, 0.6) is 0 Å². The number of hydrogen-bond acceptors (Lipinski definition) is 7. The fraction of sp³-hybridized carbons (Fsp3) is 0.600. The number of carbonyl (C=O) groups excluding carboxylic acids is 2. The number of fused-ring (bicyclic) bond motifs is 1. The highest BCUT2D eigenvalue weighted by Crippen LogP contribution is 2.46. The molecule has 0 aliphatic heterocycles. The fourth-order valence-corrected chi connectivity index (χ4v) is 3.24. The Morgan fingerprint density at radius 3 is 2.25 bits per heavy atom. The molecule has 0 radical (unpaired) electrons. The number of nitrogens with zero attached hydrogens (tertiary/aromatic N) is 1. The summed E-state index contributed by atoms with van der Waals surface area (Å²) >= 11 is 0. The summed E-state index contributed by atoms with van der Waals surface area (Å²) in [7, 11) is 2.99. The van der Waals surface area contributed by atoms with Crippen LogP contribution in [0.1, 0.15) is 51.0 Å². The monoisotopic (exact) mass is 395 g/mol. The van der Waals surface area contributed by atoms with E-state index in [0.29, 0.717) is 0 Å². The van der Waals surface area contributed by atoms with Crippen LogP contribution < -0.4 is 0 Å². The van der Waals surface area contributed by atoms with Gasteiger partial charge in [-0.05, 0) is 26.3 Å². The smallest absolute Gasteiger partial charge is 0.412 e. The molecule has 8 heteroatoms. The van der Waals surface area contributed by atoms with E-state index in [1.807, 2.05) is 24.3 Å². The molecule has 3 atom stereocenters. The number of carbonyl (C=O) groups is 2. The molecule has 1 aromatic carbocycles. The summed E-state index contributed by atoms with van der Waals surface area (Å²) < 4.78 is 27.3. The van der Waals surface area contributed by atoms with Crippen molar-refractivity contribution in [3.8, 4) is 0 Å². The first-order valence-electron chi connectivity index (χ1n) is 9.04. The third kappa shape index (κ3) is 5.21. The van der Waals surface area contributed by atoms with Crippen molar-refractivity contribution in [1.82, 2.24) is 4.90 Å². The molecular weight excluding hydrogens is 366 g/mol. The molecule has 0 fully saturated rings. The molecule has 0 unspecified atom stereocenters. The van der Waals surface area contributed by atoms with E-state index in [0.717, 1.165) is 11.1 Å². The first-order valence-corrected chi connectivity index (χ1v) is 9.04. The summed E-state index contributed by atoms with van der Waals surface area (Å²) in [6, 6.07) is 6.85. The molecule has 0 saturated heterocycles. The number of methoxy groups -OCH3 is 2. The Bertz CT molecular complexity index is 685. The summed E-state index contributed by atoms with van der Waals surface area (Å²) in [5.74, 6) is -0.443. The van der Waals surface area contributed by atoms with Gasteiger partial charge in [0.2, 0.25) is 0 Å². The number of amides is 1. The van der Waals surface area contributed by atoms with E-state index >= 15 is 0 Å². The van der Waals surface area contributed by atoms with Crippen LogP contribution in [0.25, 0.3) is 0 Å². The fourth-order valence-electron chi connectivity index (χ4n) is 3.24. The van der Waals surface area contributed by atoms with Crippen LogP contribution >= 0.6 is 0 Å². The van der Waals surface area contributed by atoms with E-state index in [4.69, 9.17) is 23.7 Å². The van der Waals surface area contributed by atoms with Crippen LogP contribution in [0.15, 0.2) is 24.3 Å². The van der Waals surface area contributed by atoms with Gasteiger partial charge in [0.25, 0.3) is 0 Å². The molecule has 1 amide bonds. The maximum atomic E-state index is 12.9. The summed E-state index contributed by atoms with van der Waals surface area (Å²) in [5, 5.41) is 0. The van der Waals surface area contributed by atoms with Gasteiger partial charge in [-0.25, -0.2) is 4.79 Å². The Kier molecular flexibility index (Phi) is 7.40. The van der Waals surface area contributed by atoms with Gasteiger partial charge in [-0.2, -0.15) is 0 Å². The van der Waals surface area contributed by atoms with Crippen molar-refractivity contribution in [2.45, 2.75) is 51.5 Å². The van der Waals surface area contributed by atoms with Gasteiger partial charge in [-0.3, -0.25) is 9.69 Å². The number of esters is 1. The summed E-state index contributed by atoms with van der Waals surface area (Å²) in [6.45, 7) is 6.66. The number of rotatable bonds is 7. The topological polar surface area (TPSA) is 83.5 Å². The lowest BCUT2D eigenvalue weighted by Crippen LogP contribution is -2.44. The number of benzene rings is 1. The summed E-state index contributed by atoms with van der Waals surface area (Å²) in [6.07, 6.45) is -1.91. The summed E-state index contributed by atoms with van der Waals surface area (Å²) in [5.41, 5.74) is 0.894. The predicted octanol–water partition coefficient (Wildman–Crippen LogP) is 3.18. The van der Waals surface area contributed by atoms with Crippen molar-refractivity contribution in [3.63, 3.8) is 0 Å². The van der Waals surface area contributed by atoms with Crippen LogP contribution in [0.2, 0.25) is 0 Å². The molecule has 0 spiro atoms. The molecule has 0 bridgehead atoms. The molecule has 1 aromatic rings. The third-order valence-electron chi connectivity index (χ3n) is 4.13. The third-order valence-corrected chi connectivity index (χ3v) is 4.13. The van der Waals surface area contributed by atoms with Crippen molar-refractivity contribution in [2.75, 3.05) is 27.7 Å². The van der Waals surface area contributed by atoms with Gasteiger partial charge >= 0.3 is 12.1 Å². The zero-order chi connectivity index (χ0) is 20.9. The van der Waals surface area contributed by atoms with Crippen molar-refractivity contribution in [1.29, 1.82) is 0 Å². The molecule has 2 rings (SSSR count). The standard InChI is InChI=1S/C20H29NO7/c1-13(22)27-17-15-10-8-7-9-14(15)16(18(17)26-12-25-6)21(11-24-5)19(23)28-20(2,3)4/h7-10,16-18H,11-12H2,1-6H3/t16-,17-,18+/m1/s1. The van der Waals surface area contributed by atoms with Gasteiger partial charge in [-0.15, -0.1) is 0 Å². The van der Waals surface area contributed by atoms with E-state index in [2.05, 4.69) is 0 Å². The number of ether oxygens (including phenoxy) is 5. The zero-order valence-corrected chi connectivity index (χ0v) is 17.3. The SMILES string of the molecule is COCO[C@@H]1[C@H](OC(C)=O)c2ccccc2[C@H]1N(COC)C(=O)OC(C)(C)C. The van der Waals surface area contributed by atoms with Crippen LogP contribution in [-0.2, 0) is 28.5 Å². The van der Waals surface area contributed by atoms with Crippen LogP contribution in [0.3, 0.4) is 0 Å². The highest BCUT2D eigenvalue weighted by molar-refractivity contribution is 5.70. The van der Waals surface area contributed by atoms with E-state index in [-0.39, 0.29) is 13.5 Å². The Hall–Kier alpha value is -2.16. The minimum absolute atomic E-state index is 0.0203. The first-order chi connectivity index (χ1) is 13.2. The van der Waals surface area contributed by atoms with E-state index in [9.17, 15) is 9.59 Å². The highest BCUT2D eigenvalue weighted by Gasteiger charge is 2.48. The molecule has 1 aliphatic carbocycles. The lowest BCUT2D eigenvalue weighted by molar-refractivity contribution is -0.171. The Morgan fingerprint density at radius 2 is 1.71 bits per heavy atom. The second kappa shape index (κ2) is 9.36. The number of hydrogen-bond donors (Lipinski definition) is 0. The lowest BCUT2D eigenvalue weighted by Gasteiger charge is -2.35. The Balaban J connectivity index is 2.48. The minimum atomic E-state index is -0.685. The Labute approximate surface area is 165 Å². The normalized spacial score (nSPS) is 21.1. The summed E-state index contributed by atoms with van der Waals surface area (Å²) in [4.78, 5) is 26.1. The van der Waals surface area contributed by atoms with E-state index < -0.39 is 35.9 Å². The van der Waals surface area contributed by atoms with Crippen molar-refractivity contribution >= 4 is 12.1 Å². The highest BCUT2D eigenvalue weighted by atomic mass is 16.7. The zero-order valence-electron chi connectivity index (χ0n) is 17.3.